The highest BCUT2D eigenvalue weighted by Crippen LogP contribution is 2.30. The van der Waals surface area contributed by atoms with Crippen molar-refractivity contribution in [3.63, 3.8) is 0 Å². The number of amides is 1. The largest absolute Gasteiger partial charge is 0.351 e. The Morgan fingerprint density at radius 2 is 2.03 bits per heavy atom. The van der Waals surface area contributed by atoms with Crippen LogP contribution in [0.15, 0.2) is 48.7 Å². The summed E-state index contributed by atoms with van der Waals surface area (Å²) in [5.74, 6) is 1.26. The zero-order valence-electron chi connectivity index (χ0n) is 19.3. The Morgan fingerprint density at radius 3 is 2.73 bits per heavy atom. The number of anilines is 2. The van der Waals surface area contributed by atoms with Crippen LogP contribution in [0.3, 0.4) is 0 Å². The van der Waals surface area contributed by atoms with Crippen molar-refractivity contribution in [1.29, 1.82) is 5.26 Å². The van der Waals surface area contributed by atoms with Crippen molar-refractivity contribution in [2.45, 2.75) is 32.7 Å². The van der Waals surface area contributed by atoms with Crippen LogP contribution >= 0.6 is 0 Å². The van der Waals surface area contributed by atoms with Crippen LogP contribution in [0, 0.1) is 25.2 Å². The number of nitrogens with zero attached hydrogens (tertiary/aromatic N) is 6. The van der Waals surface area contributed by atoms with Crippen molar-refractivity contribution < 1.29 is 4.79 Å². The molecule has 1 saturated heterocycles. The average Bonchev–Trinajstić information content (AvgIpc) is 3.37. The van der Waals surface area contributed by atoms with E-state index in [9.17, 15) is 10.1 Å². The van der Waals surface area contributed by atoms with E-state index in [-0.39, 0.29) is 18.5 Å². The molecule has 3 heterocycles. The van der Waals surface area contributed by atoms with E-state index in [0.29, 0.717) is 11.4 Å². The van der Waals surface area contributed by atoms with E-state index in [0.717, 1.165) is 48.7 Å². The summed E-state index contributed by atoms with van der Waals surface area (Å²) in [7, 11) is 1.95. The third kappa shape index (κ3) is 4.73. The fourth-order valence-electron chi connectivity index (χ4n) is 4.58. The molecule has 0 saturated carbocycles. The van der Waals surface area contributed by atoms with Gasteiger partial charge in [0.25, 0.3) is 0 Å². The van der Waals surface area contributed by atoms with Crippen LogP contribution in [0.2, 0.25) is 0 Å². The van der Waals surface area contributed by atoms with Gasteiger partial charge in [-0.25, -0.2) is 0 Å². The van der Waals surface area contributed by atoms with Gasteiger partial charge >= 0.3 is 0 Å². The standard InChI is InChI=1S/C25H29N7O/c1-18-19(2)32(20-9-5-4-6-10-20)25(22(18)15-26)28-24(33)17-30(3)16-21-11-8-14-31(21)23-12-7-13-27-29-23/h4-7,9-10,12-13,21H,8,11,14,16-17H2,1-3H3,(H,28,33). The van der Waals surface area contributed by atoms with Gasteiger partial charge in [-0.15, -0.1) is 5.10 Å². The molecular formula is C25H29N7O. The number of benzene rings is 1. The molecular weight excluding hydrogens is 414 g/mol. The molecule has 3 aromatic rings. The Bertz CT molecular complexity index is 1150. The van der Waals surface area contributed by atoms with Crippen LogP contribution in [0.25, 0.3) is 5.69 Å². The first-order valence-corrected chi connectivity index (χ1v) is 11.2. The molecule has 1 aliphatic rings. The monoisotopic (exact) mass is 443 g/mol. The van der Waals surface area contributed by atoms with Crippen molar-refractivity contribution in [1.82, 2.24) is 19.7 Å². The van der Waals surface area contributed by atoms with Crippen LogP contribution in [0.5, 0.6) is 0 Å². The lowest BCUT2D eigenvalue weighted by Gasteiger charge is -2.29. The number of carbonyl (C=O) groups is 1. The fourth-order valence-corrected chi connectivity index (χ4v) is 4.58. The summed E-state index contributed by atoms with van der Waals surface area (Å²) in [5, 5.41) is 21.0. The Kier molecular flexibility index (Phi) is 6.71. The minimum Gasteiger partial charge on any atom is -0.351 e. The Morgan fingerprint density at radius 1 is 1.24 bits per heavy atom. The lowest BCUT2D eigenvalue weighted by atomic mass is 10.2. The Balaban J connectivity index is 1.47. The quantitative estimate of drug-likeness (QED) is 0.603. The van der Waals surface area contributed by atoms with Gasteiger partial charge in [-0.3, -0.25) is 14.3 Å². The number of rotatable bonds is 7. The fraction of sp³-hybridized carbons (Fsp3) is 0.360. The molecule has 8 heteroatoms. The summed E-state index contributed by atoms with van der Waals surface area (Å²) < 4.78 is 1.94. The van der Waals surface area contributed by atoms with Gasteiger partial charge in [-0.05, 0) is 63.6 Å². The van der Waals surface area contributed by atoms with Gasteiger partial charge in [-0.1, -0.05) is 18.2 Å². The highest BCUT2D eigenvalue weighted by molar-refractivity contribution is 5.93. The summed E-state index contributed by atoms with van der Waals surface area (Å²) in [6.45, 7) is 5.79. The van der Waals surface area contributed by atoms with Gasteiger partial charge in [0.05, 0.1) is 12.1 Å². The predicted molar refractivity (Wildman–Crippen MR) is 128 cm³/mol. The SMILES string of the molecule is Cc1c(C#N)c(NC(=O)CN(C)CC2CCCN2c2cccnn2)n(-c2ccccc2)c1C. The third-order valence-corrected chi connectivity index (χ3v) is 6.26. The number of aromatic nitrogens is 3. The maximum Gasteiger partial charge on any atom is 0.239 e. The maximum absolute atomic E-state index is 13.0. The number of hydrogen-bond acceptors (Lipinski definition) is 6. The smallest absolute Gasteiger partial charge is 0.239 e. The highest BCUT2D eigenvalue weighted by Gasteiger charge is 2.28. The second-order valence-corrected chi connectivity index (χ2v) is 8.53. The number of nitriles is 1. The molecule has 1 amide bonds. The summed E-state index contributed by atoms with van der Waals surface area (Å²) in [4.78, 5) is 17.3. The number of carbonyl (C=O) groups excluding carboxylic acids is 1. The van der Waals surface area contributed by atoms with Gasteiger partial charge in [0.15, 0.2) is 5.82 Å². The molecule has 1 aromatic carbocycles. The predicted octanol–water partition coefficient (Wildman–Crippen LogP) is 3.30. The summed E-state index contributed by atoms with van der Waals surface area (Å²) >= 11 is 0. The molecule has 1 unspecified atom stereocenters. The van der Waals surface area contributed by atoms with Gasteiger partial charge in [0.1, 0.15) is 11.9 Å². The van der Waals surface area contributed by atoms with E-state index in [1.165, 1.54) is 0 Å². The zero-order chi connectivity index (χ0) is 23.4. The molecule has 0 spiro atoms. The molecule has 1 N–H and O–H groups in total. The van der Waals surface area contributed by atoms with Crippen molar-refractivity contribution >= 4 is 17.5 Å². The summed E-state index contributed by atoms with van der Waals surface area (Å²) in [6.07, 6.45) is 3.82. The average molecular weight is 444 g/mol. The number of para-hydroxylation sites is 1. The van der Waals surface area contributed by atoms with Gasteiger partial charge in [0.2, 0.25) is 5.91 Å². The summed E-state index contributed by atoms with van der Waals surface area (Å²) in [6, 6.07) is 16.2. The second kappa shape index (κ2) is 9.84. The van der Waals surface area contributed by atoms with E-state index in [4.69, 9.17) is 0 Å². The minimum absolute atomic E-state index is 0.146. The topological polar surface area (TPSA) is 90.1 Å². The van der Waals surface area contributed by atoms with Gasteiger partial charge in [0, 0.05) is 36.7 Å². The first-order valence-electron chi connectivity index (χ1n) is 11.2. The third-order valence-electron chi connectivity index (χ3n) is 6.26. The normalized spacial score (nSPS) is 15.6. The number of nitrogens with one attached hydrogen (secondary N) is 1. The maximum atomic E-state index is 13.0. The Labute approximate surface area is 194 Å². The first kappa shape index (κ1) is 22.5. The molecule has 0 aliphatic carbocycles. The number of likely N-dealkylation sites (N-methyl/N-ethyl adjacent to an activating group) is 1. The van der Waals surface area contributed by atoms with E-state index in [1.807, 2.05) is 72.8 Å². The van der Waals surface area contributed by atoms with E-state index in [1.54, 1.807) is 6.20 Å². The Hall–Kier alpha value is -3.70. The van der Waals surface area contributed by atoms with Crippen LogP contribution in [-0.2, 0) is 4.79 Å². The summed E-state index contributed by atoms with van der Waals surface area (Å²) in [5.41, 5.74) is 3.22. The molecule has 8 nitrogen and oxygen atoms in total. The van der Waals surface area contributed by atoms with Crippen LogP contribution in [-0.4, -0.2) is 58.3 Å². The second-order valence-electron chi connectivity index (χ2n) is 8.53. The van der Waals surface area contributed by atoms with Crippen LogP contribution < -0.4 is 10.2 Å². The van der Waals surface area contributed by atoms with Crippen molar-refractivity contribution in [3.8, 4) is 11.8 Å². The zero-order valence-corrected chi connectivity index (χ0v) is 19.3. The molecule has 0 bridgehead atoms. The van der Waals surface area contributed by atoms with Gasteiger partial charge in [-0.2, -0.15) is 10.4 Å². The molecule has 4 rings (SSSR count). The molecule has 33 heavy (non-hydrogen) atoms. The lowest BCUT2D eigenvalue weighted by Crippen LogP contribution is -2.42. The molecule has 2 aromatic heterocycles. The molecule has 0 radical (unpaired) electrons. The lowest BCUT2D eigenvalue weighted by molar-refractivity contribution is -0.117. The highest BCUT2D eigenvalue weighted by atomic mass is 16.2. The van der Waals surface area contributed by atoms with E-state index < -0.39 is 0 Å². The van der Waals surface area contributed by atoms with Crippen LogP contribution in [0.4, 0.5) is 11.6 Å². The molecule has 170 valence electrons. The van der Waals surface area contributed by atoms with E-state index in [2.05, 4.69) is 26.5 Å². The van der Waals surface area contributed by atoms with Crippen molar-refractivity contribution in [2.24, 2.45) is 0 Å². The molecule has 1 atom stereocenters. The first-order chi connectivity index (χ1) is 16.0. The van der Waals surface area contributed by atoms with Crippen molar-refractivity contribution in [2.75, 3.05) is 36.9 Å². The van der Waals surface area contributed by atoms with Crippen molar-refractivity contribution in [3.05, 3.63) is 65.5 Å². The minimum atomic E-state index is -0.146. The van der Waals surface area contributed by atoms with Gasteiger partial charge < -0.3 is 10.2 Å². The number of hydrogen-bond donors (Lipinski definition) is 1. The van der Waals surface area contributed by atoms with E-state index >= 15 is 0 Å². The molecule has 1 aliphatic heterocycles. The molecule has 1 fully saturated rings. The van der Waals surface area contributed by atoms with Crippen LogP contribution in [0.1, 0.15) is 29.7 Å².